The monoisotopic (exact) mass is 166 g/mol. The Hall–Kier alpha value is -0.390. The van der Waals surface area contributed by atoms with Gasteiger partial charge in [-0.3, -0.25) is 0 Å². The molecule has 0 aromatic carbocycles. The second kappa shape index (κ2) is 4.49. The van der Waals surface area contributed by atoms with Crippen LogP contribution in [0.1, 0.15) is 0 Å². The number of hydrogen-bond acceptors (Lipinski definition) is 2. The van der Waals surface area contributed by atoms with Crippen LogP contribution in [0.15, 0.2) is 0 Å². The van der Waals surface area contributed by atoms with Gasteiger partial charge in [0.1, 0.15) is 0 Å². The fourth-order valence-corrected chi connectivity index (χ4v) is 0.302. The third-order valence-corrected chi connectivity index (χ3v) is 0.832. The first kappa shape index (κ1) is 8.61. The summed E-state index contributed by atoms with van der Waals surface area (Å²) in [5, 5.41) is 0. The highest BCUT2D eigenvalue weighted by Gasteiger charge is 2.11. The summed E-state index contributed by atoms with van der Waals surface area (Å²) in [7, 11) is 0. The van der Waals surface area contributed by atoms with Crippen LogP contribution in [-0.2, 0) is 9.53 Å². The van der Waals surface area contributed by atoms with Gasteiger partial charge in [-0.05, 0) is 0 Å². The lowest BCUT2D eigenvalue weighted by molar-refractivity contribution is -0.140. The van der Waals surface area contributed by atoms with Crippen LogP contribution in [-0.4, -0.2) is 17.4 Å². The SMILES string of the molecule is C#CCOC(=O)C(Cl)Cl. The van der Waals surface area contributed by atoms with Gasteiger partial charge in [-0.25, -0.2) is 4.79 Å². The van der Waals surface area contributed by atoms with E-state index in [1.54, 1.807) is 0 Å². The second-order valence-electron chi connectivity index (χ2n) is 1.11. The van der Waals surface area contributed by atoms with Crippen molar-refractivity contribution < 1.29 is 9.53 Å². The third kappa shape index (κ3) is 4.14. The van der Waals surface area contributed by atoms with E-state index in [0.29, 0.717) is 0 Å². The minimum atomic E-state index is -1.14. The van der Waals surface area contributed by atoms with Gasteiger partial charge in [0.05, 0.1) is 0 Å². The zero-order valence-corrected chi connectivity index (χ0v) is 5.95. The molecular formula is C5H4Cl2O2. The summed E-state index contributed by atoms with van der Waals surface area (Å²) in [4.78, 5) is 9.18. The Morgan fingerprint density at radius 1 is 1.78 bits per heavy atom. The van der Waals surface area contributed by atoms with Crippen molar-refractivity contribution in [1.82, 2.24) is 0 Å². The number of carbonyl (C=O) groups excluding carboxylic acids is 1. The van der Waals surface area contributed by atoms with Crippen LogP contribution < -0.4 is 0 Å². The summed E-state index contributed by atoms with van der Waals surface area (Å²) < 4.78 is 4.31. The fourth-order valence-electron chi connectivity index (χ4n) is 0.176. The number of carbonyl (C=O) groups is 1. The molecule has 0 aliphatic rings. The van der Waals surface area contributed by atoms with Crippen molar-refractivity contribution in [3.05, 3.63) is 0 Å². The maximum Gasteiger partial charge on any atom is 0.340 e. The van der Waals surface area contributed by atoms with Gasteiger partial charge in [-0.15, -0.1) is 6.42 Å². The lowest BCUT2D eigenvalue weighted by atomic mass is 10.7. The van der Waals surface area contributed by atoms with Gasteiger partial charge in [-0.2, -0.15) is 0 Å². The van der Waals surface area contributed by atoms with E-state index in [2.05, 4.69) is 10.7 Å². The minimum absolute atomic E-state index is 0.0885. The van der Waals surface area contributed by atoms with Gasteiger partial charge in [0, 0.05) is 0 Å². The summed E-state index contributed by atoms with van der Waals surface area (Å²) in [5.74, 6) is 1.38. The Balaban J connectivity index is 3.42. The standard InChI is InChI=1S/C5H4Cl2O2/c1-2-3-9-5(8)4(6)7/h1,4H,3H2. The molecule has 50 valence electrons. The molecule has 0 rings (SSSR count). The smallest absolute Gasteiger partial charge is 0.340 e. The highest BCUT2D eigenvalue weighted by atomic mass is 35.5. The maximum atomic E-state index is 10.3. The lowest BCUT2D eigenvalue weighted by Gasteiger charge is -1.98. The van der Waals surface area contributed by atoms with Crippen LogP contribution in [0.5, 0.6) is 0 Å². The van der Waals surface area contributed by atoms with E-state index in [-0.39, 0.29) is 6.61 Å². The van der Waals surface area contributed by atoms with Crippen LogP contribution in [0.25, 0.3) is 0 Å². The summed E-state index contributed by atoms with van der Waals surface area (Å²) in [6.45, 7) is -0.0885. The third-order valence-electron chi connectivity index (χ3n) is 0.476. The first-order chi connectivity index (χ1) is 4.18. The van der Waals surface area contributed by atoms with Crippen LogP contribution in [0.2, 0.25) is 0 Å². The number of hydrogen-bond donors (Lipinski definition) is 0. The summed E-state index contributed by atoms with van der Waals surface area (Å²) >= 11 is 10.2. The minimum Gasteiger partial charge on any atom is -0.451 e. The average Bonchev–Trinajstić information content (AvgIpc) is 1.82. The Labute approximate surface area is 63.1 Å². The summed E-state index contributed by atoms with van der Waals surface area (Å²) in [5.41, 5.74) is 0. The van der Waals surface area contributed by atoms with E-state index in [9.17, 15) is 4.79 Å². The van der Waals surface area contributed by atoms with Gasteiger partial charge >= 0.3 is 5.97 Å². The fraction of sp³-hybridized carbons (Fsp3) is 0.400. The zero-order chi connectivity index (χ0) is 7.28. The molecule has 0 spiro atoms. The highest BCUT2D eigenvalue weighted by Crippen LogP contribution is 2.02. The Morgan fingerprint density at radius 2 is 2.33 bits per heavy atom. The number of ether oxygens (including phenoxy) is 1. The zero-order valence-electron chi connectivity index (χ0n) is 4.43. The predicted octanol–water partition coefficient (Wildman–Crippen LogP) is 0.966. The molecule has 0 atom stereocenters. The number of terminal acetylenes is 1. The maximum absolute atomic E-state index is 10.3. The Bertz CT molecular complexity index is 136. The van der Waals surface area contributed by atoms with Crippen molar-refractivity contribution in [3.8, 4) is 12.3 Å². The molecular weight excluding hydrogens is 163 g/mol. The number of esters is 1. The number of rotatable bonds is 2. The molecule has 0 heterocycles. The molecule has 4 heteroatoms. The van der Waals surface area contributed by atoms with Crippen molar-refractivity contribution >= 4 is 29.2 Å². The van der Waals surface area contributed by atoms with Gasteiger partial charge in [0.2, 0.25) is 4.84 Å². The van der Waals surface area contributed by atoms with Gasteiger partial charge in [0.25, 0.3) is 0 Å². The van der Waals surface area contributed by atoms with Crippen molar-refractivity contribution in [2.24, 2.45) is 0 Å². The first-order valence-corrected chi connectivity index (χ1v) is 2.94. The molecule has 0 aromatic rings. The molecule has 0 amide bonds. The number of halogens is 2. The van der Waals surface area contributed by atoms with Gasteiger partial charge in [-0.1, -0.05) is 29.1 Å². The van der Waals surface area contributed by atoms with Crippen LogP contribution in [0, 0.1) is 12.3 Å². The largest absolute Gasteiger partial charge is 0.451 e. The molecule has 0 saturated heterocycles. The first-order valence-electron chi connectivity index (χ1n) is 2.06. The van der Waals surface area contributed by atoms with E-state index < -0.39 is 10.8 Å². The summed E-state index contributed by atoms with van der Waals surface area (Å²) in [6, 6.07) is 0. The molecule has 2 nitrogen and oxygen atoms in total. The van der Waals surface area contributed by atoms with Crippen molar-refractivity contribution in [2.75, 3.05) is 6.61 Å². The molecule has 0 aliphatic carbocycles. The van der Waals surface area contributed by atoms with Crippen molar-refractivity contribution in [1.29, 1.82) is 0 Å². The van der Waals surface area contributed by atoms with Crippen LogP contribution in [0.3, 0.4) is 0 Å². The number of alkyl halides is 2. The van der Waals surface area contributed by atoms with E-state index in [1.807, 2.05) is 0 Å². The molecule has 0 saturated carbocycles. The molecule has 0 unspecified atom stereocenters. The lowest BCUT2D eigenvalue weighted by Crippen LogP contribution is -2.12. The molecule has 0 aromatic heterocycles. The Morgan fingerprint density at radius 3 is 2.67 bits per heavy atom. The van der Waals surface area contributed by atoms with E-state index in [1.165, 1.54) is 0 Å². The van der Waals surface area contributed by atoms with Crippen LogP contribution in [0.4, 0.5) is 0 Å². The van der Waals surface area contributed by atoms with E-state index >= 15 is 0 Å². The van der Waals surface area contributed by atoms with Gasteiger partial charge in [0.15, 0.2) is 6.61 Å². The molecule has 0 fully saturated rings. The average molecular weight is 167 g/mol. The topological polar surface area (TPSA) is 26.3 Å². The molecule has 0 aliphatic heterocycles. The quantitative estimate of drug-likeness (QED) is 0.348. The molecule has 0 N–H and O–H groups in total. The molecule has 9 heavy (non-hydrogen) atoms. The molecule has 0 bridgehead atoms. The predicted molar refractivity (Wildman–Crippen MR) is 35.3 cm³/mol. The van der Waals surface area contributed by atoms with Crippen LogP contribution >= 0.6 is 23.2 Å². The normalized spacial score (nSPS) is 8.67. The van der Waals surface area contributed by atoms with E-state index in [0.717, 1.165) is 0 Å². The second-order valence-corrected chi connectivity index (χ2v) is 2.21. The van der Waals surface area contributed by atoms with Gasteiger partial charge < -0.3 is 4.74 Å². The van der Waals surface area contributed by atoms with Crippen molar-refractivity contribution in [3.63, 3.8) is 0 Å². The Kier molecular flexibility index (Phi) is 4.29. The molecule has 0 radical (unpaired) electrons. The van der Waals surface area contributed by atoms with Crippen molar-refractivity contribution in [2.45, 2.75) is 4.84 Å². The van der Waals surface area contributed by atoms with E-state index in [4.69, 9.17) is 29.6 Å². The highest BCUT2D eigenvalue weighted by molar-refractivity contribution is 6.52. The summed E-state index contributed by atoms with van der Waals surface area (Å²) in [6.07, 6.45) is 4.76.